The number of esters is 3. The fraction of sp³-hybridized carbons (Fsp3) is 0.762. The van der Waals surface area contributed by atoms with Crippen LogP contribution in [0.1, 0.15) is 290 Å². The molecule has 0 amide bonds. The molecule has 0 rings (SSSR count). The van der Waals surface area contributed by atoms with Gasteiger partial charge in [0.15, 0.2) is 6.10 Å². The molecule has 0 aromatic carbocycles. The molecule has 1 atom stereocenters. The zero-order valence-corrected chi connectivity index (χ0v) is 45.6. The van der Waals surface area contributed by atoms with Crippen LogP contribution in [0, 0.1) is 0 Å². The van der Waals surface area contributed by atoms with E-state index in [9.17, 15) is 14.4 Å². The van der Waals surface area contributed by atoms with Crippen LogP contribution < -0.4 is 0 Å². The summed E-state index contributed by atoms with van der Waals surface area (Å²) in [6, 6.07) is 0. The van der Waals surface area contributed by atoms with Crippen LogP contribution in [0.15, 0.2) is 72.9 Å². The standard InChI is InChI=1S/C63H110O6/c1-4-7-10-13-16-19-22-24-26-28-30-31-33-35-37-39-42-44-47-50-53-56-62(65)68-59-60(69-63(66)57-54-51-48-45-40-21-18-15-12-9-6-3)58-67-61(64)55-52-49-46-43-41-38-36-34-32-29-27-25-23-20-17-14-11-8-5-2/h17,20,24-27,32,34,38,41,46,49,60H,4-16,18-19,21-23,28-31,33,35-37,39-40,42-45,47-48,50-59H2,1-3H3/b20-17-,26-24-,27-25-,34-32-,41-38-,49-46-/t60-/m1/s1. The molecule has 0 aliphatic carbocycles. The van der Waals surface area contributed by atoms with Gasteiger partial charge in [-0.3, -0.25) is 14.4 Å². The van der Waals surface area contributed by atoms with Crippen molar-refractivity contribution in [2.45, 2.75) is 297 Å². The predicted octanol–water partition coefficient (Wildman–Crippen LogP) is 19.8. The van der Waals surface area contributed by atoms with E-state index in [0.29, 0.717) is 19.3 Å². The second-order valence-corrected chi connectivity index (χ2v) is 19.6. The molecule has 398 valence electrons. The van der Waals surface area contributed by atoms with Gasteiger partial charge in [-0.15, -0.1) is 0 Å². The molecule has 0 aromatic heterocycles. The second kappa shape index (κ2) is 57.4. The molecule has 0 N–H and O–H groups in total. The quantitative estimate of drug-likeness (QED) is 0.0262. The molecule has 0 bridgehead atoms. The van der Waals surface area contributed by atoms with Crippen LogP contribution in [0.25, 0.3) is 0 Å². The summed E-state index contributed by atoms with van der Waals surface area (Å²) in [7, 11) is 0. The lowest BCUT2D eigenvalue weighted by Crippen LogP contribution is -2.30. The number of allylic oxidation sites excluding steroid dienone is 12. The molecule has 0 fully saturated rings. The summed E-state index contributed by atoms with van der Waals surface area (Å²) >= 11 is 0. The van der Waals surface area contributed by atoms with Crippen molar-refractivity contribution in [1.82, 2.24) is 0 Å². The third-order valence-corrected chi connectivity index (χ3v) is 12.7. The van der Waals surface area contributed by atoms with Crippen LogP contribution in [0.3, 0.4) is 0 Å². The lowest BCUT2D eigenvalue weighted by Gasteiger charge is -2.18. The zero-order valence-electron chi connectivity index (χ0n) is 45.6. The molecular formula is C63H110O6. The third kappa shape index (κ3) is 55.6. The van der Waals surface area contributed by atoms with Gasteiger partial charge in [0.05, 0.1) is 0 Å². The third-order valence-electron chi connectivity index (χ3n) is 12.7. The monoisotopic (exact) mass is 963 g/mol. The normalized spacial score (nSPS) is 12.6. The first-order chi connectivity index (χ1) is 34.0. The van der Waals surface area contributed by atoms with Crippen molar-refractivity contribution in [3.05, 3.63) is 72.9 Å². The molecule has 0 radical (unpaired) electrons. The van der Waals surface area contributed by atoms with Crippen LogP contribution in [-0.2, 0) is 28.6 Å². The smallest absolute Gasteiger partial charge is 0.306 e. The highest BCUT2D eigenvalue weighted by molar-refractivity contribution is 5.71. The first-order valence-electron chi connectivity index (χ1n) is 29.4. The second-order valence-electron chi connectivity index (χ2n) is 19.6. The number of unbranched alkanes of at least 4 members (excludes halogenated alkanes) is 30. The largest absolute Gasteiger partial charge is 0.462 e. The van der Waals surface area contributed by atoms with E-state index in [4.69, 9.17) is 14.2 Å². The number of carbonyl (C=O) groups excluding carboxylic acids is 3. The number of hydrogen-bond donors (Lipinski definition) is 0. The Hall–Kier alpha value is -3.15. The van der Waals surface area contributed by atoms with Gasteiger partial charge in [0.1, 0.15) is 13.2 Å². The van der Waals surface area contributed by atoms with E-state index in [0.717, 1.165) is 64.2 Å². The molecule has 0 aliphatic heterocycles. The van der Waals surface area contributed by atoms with Gasteiger partial charge < -0.3 is 14.2 Å². The first-order valence-corrected chi connectivity index (χ1v) is 29.4. The van der Waals surface area contributed by atoms with Gasteiger partial charge in [0.25, 0.3) is 0 Å². The Morgan fingerprint density at radius 1 is 0.290 bits per heavy atom. The summed E-state index contributed by atoms with van der Waals surface area (Å²) < 4.78 is 16.8. The molecule has 0 saturated heterocycles. The van der Waals surface area contributed by atoms with Crippen LogP contribution in [0.2, 0.25) is 0 Å². The SMILES string of the molecule is CCCCC/C=C\C/C=C\C/C=C\C/C=C\C/C=C\CCC(=O)OC[C@H](COC(=O)CCCCCCCCCCCCC/C=C\CCCCCCCC)OC(=O)CCCCCCCCCCCCC. The molecule has 0 heterocycles. The van der Waals surface area contributed by atoms with Gasteiger partial charge in [-0.05, 0) is 83.5 Å². The topological polar surface area (TPSA) is 78.9 Å². The van der Waals surface area contributed by atoms with E-state index >= 15 is 0 Å². The van der Waals surface area contributed by atoms with Gasteiger partial charge >= 0.3 is 17.9 Å². The number of hydrogen-bond acceptors (Lipinski definition) is 6. The van der Waals surface area contributed by atoms with Gasteiger partial charge in [-0.1, -0.05) is 261 Å². The van der Waals surface area contributed by atoms with E-state index < -0.39 is 6.10 Å². The highest BCUT2D eigenvalue weighted by Crippen LogP contribution is 2.16. The molecule has 6 nitrogen and oxygen atoms in total. The minimum Gasteiger partial charge on any atom is -0.462 e. The molecular weight excluding hydrogens is 853 g/mol. The zero-order chi connectivity index (χ0) is 50.0. The van der Waals surface area contributed by atoms with Gasteiger partial charge in [-0.2, -0.15) is 0 Å². The van der Waals surface area contributed by atoms with Crippen LogP contribution in [0.5, 0.6) is 0 Å². The Labute approximate surface area is 427 Å². The van der Waals surface area contributed by atoms with Crippen molar-refractivity contribution in [2.75, 3.05) is 13.2 Å². The molecule has 0 aliphatic rings. The van der Waals surface area contributed by atoms with E-state index in [1.54, 1.807) is 0 Å². The van der Waals surface area contributed by atoms with E-state index in [1.165, 1.54) is 180 Å². The van der Waals surface area contributed by atoms with Crippen molar-refractivity contribution in [1.29, 1.82) is 0 Å². The summed E-state index contributed by atoms with van der Waals surface area (Å²) in [5.74, 6) is -0.975. The minimum atomic E-state index is -0.803. The highest BCUT2D eigenvalue weighted by atomic mass is 16.6. The molecule has 0 spiro atoms. The van der Waals surface area contributed by atoms with Crippen molar-refractivity contribution in [3.63, 3.8) is 0 Å². The average Bonchev–Trinajstić information content (AvgIpc) is 3.35. The number of rotatable bonds is 53. The Kier molecular flexibility index (Phi) is 54.8. The van der Waals surface area contributed by atoms with Crippen molar-refractivity contribution in [3.8, 4) is 0 Å². The minimum absolute atomic E-state index is 0.0962. The predicted molar refractivity (Wildman–Crippen MR) is 298 cm³/mol. The lowest BCUT2D eigenvalue weighted by molar-refractivity contribution is -0.166. The Morgan fingerprint density at radius 3 is 0.942 bits per heavy atom. The maximum atomic E-state index is 12.8. The number of carbonyl (C=O) groups is 3. The Morgan fingerprint density at radius 2 is 0.551 bits per heavy atom. The molecule has 0 aromatic rings. The average molecular weight is 964 g/mol. The summed E-state index contributed by atoms with van der Waals surface area (Å²) in [4.78, 5) is 38.1. The summed E-state index contributed by atoms with van der Waals surface area (Å²) in [6.07, 6.45) is 73.4. The number of ether oxygens (including phenoxy) is 3. The fourth-order valence-electron chi connectivity index (χ4n) is 8.24. The van der Waals surface area contributed by atoms with E-state index in [2.05, 4.69) is 87.6 Å². The summed E-state index contributed by atoms with van der Waals surface area (Å²) in [6.45, 7) is 6.56. The highest BCUT2D eigenvalue weighted by Gasteiger charge is 2.19. The first kappa shape index (κ1) is 65.8. The van der Waals surface area contributed by atoms with E-state index in [1.807, 2.05) is 6.08 Å². The van der Waals surface area contributed by atoms with Gasteiger partial charge in [0.2, 0.25) is 0 Å². The van der Waals surface area contributed by atoms with Crippen LogP contribution in [-0.4, -0.2) is 37.2 Å². The molecule has 6 heteroatoms. The molecule has 0 saturated carbocycles. The van der Waals surface area contributed by atoms with Crippen LogP contribution >= 0.6 is 0 Å². The van der Waals surface area contributed by atoms with Crippen molar-refractivity contribution < 1.29 is 28.6 Å². The molecule has 69 heavy (non-hydrogen) atoms. The fourth-order valence-corrected chi connectivity index (χ4v) is 8.24. The maximum Gasteiger partial charge on any atom is 0.306 e. The van der Waals surface area contributed by atoms with E-state index in [-0.39, 0.29) is 37.5 Å². The maximum absolute atomic E-state index is 12.8. The summed E-state index contributed by atoms with van der Waals surface area (Å²) in [5.41, 5.74) is 0. The lowest BCUT2D eigenvalue weighted by atomic mass is 10.0. The van der Waals surface area contributed by atoms with Gasteiger partial charge in [-0.25, -0.2) is 0 Å². The Bertz CT molecular complexity index is 1290. The molecule has 0 unspecified atom stereocenters. The van der Waals surface area contributed by atoms with Gasteiger partial charge in [0, 0.05) is 19.3 Å². The Balaban J connectivity index is 4.37. The van der Waals surface area contributed by atoms with Crippen molar-refractivity contribution >= 4 is 17.9 Å². The van der Waals surface area contributed by atoms with Crippen molar-refractivity contribution in [2.24, 2.45) is 0 Å². The van der Waals surface area contributed by atoms with Crippen LogP contribution in [0.4, 0.5) is 0 Å². The summed E-state index contributed by atoms with van der Waals surface area (Å²) in [5, 5.41) is 0.